The normalized spacial score (nSPS) is 10.3. The summed E-state index contributed by atoms with van der Waals surface area (Å²) in [6, 6.07) is -0.304. The molecule has 0 saturated heterocycles. The van der Waals surface area contributed by atoms with Gasteiger partial charge in [-0.3, -0.25) is 15.0 Å². The molecule has 5 heteroatoms. The summed E-state index contributed by atoms with van der Waals surface area (Å²) >= 11 is 0. The first-order chi connectivity index (χ1) is 7.58. The van der Waals surface area contributed by atoms with Gasteiger partial charge in [-0.25, -0.2) is 4.79 Å². The average Bonchev–Trinajstić information content (AvgIpc) is 2.27. The van der Waals surface area contributed by atoms with E-state index in [1.807, 2.05) is 32.6 Å². The van der Waals surface area contributed by atoms with Gasteiger partial charge in [0.2, 0.25) is 5.91 Å². The largest absolute Gasteiger partial charge is 0.325 e. The molecule has 0 radical (unpaired) electrons. The highest BCUT2D eigenvalue weighted by Crippen LogP contribution is 1.90. The molecule has 0 bridgehead atoms. The summed E-state index contributed by atoms with van der Waals surface area (Å²) in [5, 5.41) is 2.39. The lowest BCUT2D eigenvalue weighted by atomic mass is 10.4. The van der Waals surface area contributed by atoms with E-state index in [0.29, 0.717) is 13.1 Å². The molecule has 1 N–H and O–H groups in total. The third-order valence-electron chi connectivity index (χ3n) is 2.56. The molecular weight excluding hydrogens is 206 g/mol. The Labute approximate surface area is 97.8 Å². The van der Waals surface area contributed by atoms with E-state index in [1.54, 1.807) is 4.90 Å². The molecule has 3 amide bonds. The summed E-state index contributed by atoms with van der Waals surface area (Å²) in [6.45, 7) is 10.9. The van der Waals surface area contributed by atoms with Crippen LogP contribution >= 0.6 is 0 Å². The second kappa shape index (κ2) is 8.10. The highest BCUT2D eigenvalue weighted by Gasteiger charge is 2.14. The van der Waals surface area contributed by atoms with Crippen LogP contribution in [0.2, 0.25) is 0 Å². The highest BCUT2D eigenvalue weighted by molar-refractivity contribution is 5.95. The van der Waals surface area contributed by atoms with Gasteiger partial charge in [0.05, 0.1) is 6.54 Å². The van der Waals surface area contributed by atoms with Gasteiger partial charge < -0.3 is 4.90 Å². The Morgan fingerprint density at radius 2 is 1.44 bits per heavy atom. The van der Waals surface area contributed by atoms with Gasteiger partial charge in [-0.15, -0.1) is 0 Å². The number of imide groups is 1. The van der Waals surface area contributed by atoms with Crippen molar-refractivity contribution in [3.05, 3.63) is 0 Å². The number of rotatable bonds is 6. The molecule has 0 aromatic heterocycles. The maximum absolute atomic E-state index is 11.5. The van der Waals surface area contributed by atoms with Gasteiger partial charge in [0.25, 0.3) is 0 Å². The third-order valence-corrected chi connectivity index (χ3v) is 2.56. The molecule has 0 aliphatic heterocycles. The number of likely N-dealkylation sites (N-methyl/N-ethyl adjacent to an activating group) is 1. The molecule has 0 aromatic carbocycles. The molecule has 94 valence electrons. The van der Waals surface area contributed by atoms with E-state index in [9.17, 15) is 9.59 Å². The van der Waals surface area contributed by atoms with Crippen LogP contribution in [0.4, 0.5) is 4.79 Å². The Kier molecular flexibility index (Phi) is 7.54. The zero-order valence-corrected chi connectivity index (χ0v) is 10.7. The predicted molar refractivity (Wildman–Crippen MR) is 64.2 cm³/mol. The Morgan fingerprint density at radius 1 is 0.938 bits per heavy atom. The lowest BCUT2D eigenvalue weighted by molar-refractivity contribution is -0.121. The van der Waals surface area contributed by atoms with Gasteiger partial charge >= 0.3 is 6.03 Å². The molecular formula is C11H23N3O2. The quantitative estimate of drug-likeness (QED) is 0.736. The molecule has 0 aromatic rings. The van der Waals surface area contributed by atoms with Crippen molar-refractivity contribution in [2.75, 3.05) is 32.7 Å². The topological polar surface area (TPSA) is 52.7 Å². The number of carbonyl (C=O) groups is 2. The lowest BCUT2D eigenvalue weighted by Gasteiger charge is -2.21. The first-order valence-electron chi connectivity index (χ1n) is 5.89. The van der Waals surface area contributed by atoms with Gasteiger partial charge in [-0.05, 0) is 26.9 Å². The minimum Gasteiger partial charge on any atom is -0.325 e. The standard InChI is InChI=1S/C11H23N3O2/c1-5-13(6-2)9-10(15)12-11(16)14(7-3)8-4/h5-9H2,1-4H3,(H,12,15,16). The Hall–Kier alpha value is -1.10. The van der Waals surface area contributed by atoms with Gasteiger partial charge in [-0.1, -0.05) is 13.8 Å². The second-order valence-corrected chi connectivity index (χ2v) is 3.49. The van der Waals surface area contributed by atoms with Crippen molar-refractivity contribution < 1.29 is 9.59 Å². The van der Waals surface area contributed by atoms with Crippen molar-refractivity contribution in [3.8, 4) is 0 Å². The first-order valence-corrected chi connectivity index (χ1v) is 5.89. The monoisotopic (exact) mass is 229 g/mol. The number of nitrogens with zero attached hydrogens (tertiary/aromatic N) is 2. The van der Waals surface area contributed by atoms with Crippen LogP contribution < -0.4 is 5.32 Å². The summed E-state index contributed by atoms with van der Waals surface area (Å²) in [5.74, 6) is -0.236. The second-order valence-electron chi connectivity index (χ2n) is 3.49. The van der Waals surface area contributed by atoms with Crippen molar-refractivity contribution in [1.29, 1.82) is 0 Å². The van der Waals surface area contributed by atoms with Crippen LogP contribution in [0.5, 0.6) is 0 Å². The van der Waals surface area contributed by atoms with E-state index < -0.39 is 0 Å². The molecule has 0 heterocycles. The smallest absolute Gasteiger partial charge is 0.324 e. The molecule has 16 heavy (non-hydrogen) atoms. The van der Waals surface area contributed by atoms with E-state index in [2.05, 4.69) is 5.32 Å². The van der Waals surface area contributed by atoms with Crippen molar-refractivity contribution in [3.63, 3.8) is 0 Å². The zero-order valence-electron chi connectivity index (χ0n) is 10.7. The van der Waals surface area contributed by atoms with Crippen LogP contribution in [0.3, 0.4) is 0 Å². The molecule has 0 unspecified atom stereocenters. The fraction of sp³-hybridized carbons (Fsp3) is 0.818. The van der Waals surface area contributed by atoms with Gasteiger partial charge in [0, 0.05) is 13.1 Å². The van der Waals surface area contributed by atoms with Crippen molar-refractivity contribution in [1.82, 2.24) is 15.1 Å². The minimum atomic E-state index is -0.304. The minimum absolute atomic E-state index is 0.236. The van der Waals surface area contributed by atoms with Gasteiger partial charge in [0.15, 0.2) is 0 Å². The summed E-state index contributed by atoms with van der Waals surface area (Å²) in [5.41, 5.74) is 0. The van der Waals surface area contributed by atoms with Gasteiger partial charge in [-0.2, -0.15) is 0 Å². The van der Waals surface area contributed by atoms with Crippen LogP contribution in [-0.2, 0) is 4.79 Å². The summed E-state index contributed by atoms with van der Waals surface area (Å²) in [7, 11) is 0. The maximum atomic E-state index is 11.5. The van der Waals surface area contributed by atoms with E-state index in [1.165, 1.54) is 0 Å². The van der Waals surface area contributed by atoms with Crippen molar-refractivity contribution >= 4 is 11.9 Å². The Morgan fingerprint density at radius 3 is 1.81 bits per heavy atom. The molecule has 0 spiro atoms. The molecule has 0 atom stereocenters. The summed E-state index contributed by atoms with van der Waals surface area (Å²) in [6.07, 6.45) is 0. The number of carbonyl (C=O) groups excluding carboxylic acids is 2. The number of nitrogens with one attached hydrogen (secondary N) is 1. The Bertz CT molecular complexity index is 223. The van der Waals surface area contributed by atoms with Gasteiger partial charge in [0.1, 0.15) is 0 Å². The first kappa shape index (κ1) is 14.9. The molecule has 5 nitrogen and oxygen atoms in total. The van der Waals surface area contributed by atoms with E-state index in [0.717, 1.165) is 13.1 Å². The number of amides is 3. The van der Waals surface area contributed by atoms with E-state index >= 15 is 0 Å². The molecule has 0 fully saturated rings. The summed E-state index contributed by atoms with van der Waals surface area (Å²) in [4.78, 5) is 26.6. The fourth-order valence-corrected chi connectivity index (χ4v) is 1.40. The SMILES string of the molecule is CCN(CC)CC(=O)NC(=O)N(CC)CC. The van der Waals surface area contributed by atoms with Crippen LogP contribution in [0.15, 0.2) is 0 Å². The molecule has 0 saturated carbocycles. The number of hydrogen-bond acceptors (Lipinski definition) is 3. The molecule has 0 rings (SSSR count). The fourth-order valence-electron chi connectivity index (χ4n) is 1.40. The van der Waals surface area contributed by atoms with Crippen LogP contribution in [0.1, 0.15) is 27.7 Å². The van der Waals surface area contributed by atoms with E-state index in [-0.39, 0.29) is 18.5 Å². The van der Waals surface area contributed by atoms with Crippen LogP contribution in [0, 0.1) is 0 Å². The third kappa shape index (κ3) is 5.11. The van der Waals surface area contributed by atoms with Crippen molar-refractivity contribution in [2.45, 2.75) is 27.7 Å². The number of urea groups is 1. The van der Waals surface area contributed by atoms with Crippen LogP contribution in [-0.4, -0.2) is 54.5 Å². The number of hydrogen-bond donors (Lipinski definition) is 1. The van der Waals surface area contributed by atoms with E-state index in [4.69, 9.17) is 0 Å². The molecule has 0 aliphatic rings. The average molecular weight is 229 g/mol. The predicted octanol–water partition coefficient (Wildman–Crippen LogP) is 0.906. The summed E-state index contributed by atoms with van der Waals surface area (Å²) < 4.78 is 0. The maximum Gasteiger partial charge on any atom is 0.324 e. The Balaban J connectivity index is 4.08. The zero-order chi connectivity index (χ0) is 12.6. The molecule has 0 aliphatic carbocycles. The lowest BCUT2D eigenvalue weighted by Crippen LogP contribution is -2.46. The van der Waals surface area contributed by atoms with Crippen LogP contribution in [0.25, 0.3) is 0 Å². The van der Waals surface area contributed by atoms with Crippen molar-refractivity contribution in [2.24, 2.45) is 0 Å². The highest BCUT2D eigenvalue weighted by atomic mass is 16.2.